The molecule has 2 aromatic rings. The molecule has 1 aliphatic rings. The minimum atomic E-state index is -3.69. The summed E-state index contributed by atoms with van der Waals surface area (Å²) in [5.41, 5.74) is 1.52. The van der Waals surface area contributed by atoms with Gasteiger partial charge in [0.25, 0.3) is 0 Å². The van der Waals surface area contributed by atoms with Crippen LogP contribution in [0.25, 0.3) is 11.1 Å². The molecule has 0 radical (unpaired) electrons. The van der Waals surface area contributed by atoms with E-state index in [1.807, 2.05) is 25.1 Å². The van der Waals surface area contributed by atoms with Crippen molar-refractivity contribution in [1.29, 1.82) is 0 Å². The number of ether oxygens (including phenoxy) is 1. The van der Waals surface area contributed by atoms with Gasteiger partial charge in [0.2, 0.25) is 15.9 Å². The predicted molar refractivity (Wildman–Crippen MR) is 125 cm³/mol. The summed E-state index contributed by atoms with van der Waals surface area (Å²) in [6.07, 6.45) is 4.83. The van der Waals surface area contributed by atoms with E-state index < -0.39 is 21.3 Å². The minimum Gasteiger partial charge on any atom is -0.490 e. The summed E-state index contributed by atoms with van der Waals surface area (Å²) in [6.45, 7) is 6.73. The van der Waals surface area contributed by atoms with Crippen LogP contribution in [-0.4, -0.2) is 26.2 Å². The largest absolute Gasteiger partial charge is 0.490 e. The monoisotopic (exact) mass is 461 g/mol. The molecule has 1 N–H and O–H groups in total. The average molecular weight is 462 g/mol. The molecule has 1 aliphatic carbocycles. The summed E-state index contributed by atoms with van der Waals surface area (Å²) < 4.78 is 46.9. The zero-order valence-corrected chi connectivity index (χ0v) is 20.0. The highest BCUT2D eigenvalue weighted by molar-refractivity contribution is 7.90. The van der Waals surface area contributed by atoms with E-state index in [9.17, 15) is 17.6 Å². The maximum atomic E-state index is 14.6. The molecule has 2 aromatic carbocycles. The molecule has 174 valence electrons. The van der Waals surface area contributed by atoms with E-state index >= 15 is 0 Å². The van der Waals surface area contributed by atoms with Crippen molar-refractivity contribution in [2.45, 2.75) is 71.3 Å². The van der Waals surface area contributed by atoms with Crippen LogP contribution in [0.4, 0.5) is 4.39 Å². The molecule has 0 unspecified atom stereocenters. The number of amides is 1. The first-order valence-electron chi connectivity index (χ1n) is 11.2. The molecule has 0 bridgehead atoms. The quantitative estimate of drug-likeness (QED) is 0.592. The molecule has 0 saturated heterocycles. The van der Waals surface area contributed by atoms with Gasteiger partial charge in [0.1, 0.15) is 11.6 Å². The SMILES string of the molecule is CCc1c(F)cccc1-c1cc(C(C)(C)C(=O)NS(=O)(=O)CC)ccc1OC1CCCC1. The Bertz CT molecular complexity index is 1090. The molecule has 0 aromatic heterocycles. The van der Waals surface area contributed by atoms with Crippen molar-refractivity contribution < 1.29 is 22.3 Å². The molecule has 0 spiro atoms. The van der Waals surface area contributed by atoms with Gasteiger partial charge in [0.05, 0.1) is 17.3 Å². The Labute approximate surface area is 190 Å². The number of hydrogen-bond donors (Lipinski definition) is 1. The topological polar surface area (TPSA) is 72.5 Å². The fourth-order valence-corrected chi connectivity index (χ4v) is 4.74. The van der Waals surface area contributed by atoms with E-state index in [1.54, 1.807) is 26.0 Å². The van der Waals surface area contributed by atoms with Crippen molar-refractivity contribution in [3.63, 3.8) is 0 Å². The zero-order chi connectivity index (χ0) is 23.5. The van der Waals surface area contributed by atoms with E-state index in [0.29, 0.717) is 28.9 Å². The molecular formula is C25H32FNO4S. The van der Waals surface area contributed by atoms with Crippen LogP contribution in [0.15, 0.2) is 36.4 Å². The number of halogens is 1. The van der Waals surface area contributed by atoms with Gasteiger partial charge in [-0.15, -0.1) is 0 Å². The molecule has 0 aliphatic heterocycles. The molecule has 3 rings (SSSR count). The number of carbonyl (C=O) groups is 1. The van der Waals surface area contributed by atoms with Crippen molar-refractivity contribution in [3.8, 4) is 16.9 Å². The minimum absolute atomic E-state index is 0.115. The molecule has 1 saturated carbocycles. The molecule has 1 amide bonds. The van der Waals surface area contributed by atoms with Crippen LogP contribution in [0.5, 0.6) is 5.75 Å². The summed E-state index contributed by atoms with van der Waals surface area (Å²) in [4.78, 5) is 12.8. The normalized spacial score (nSPS) is 15.0. The highest BCUT2D eigenvalue weighted by Gasteiger charge is 2.33. The third kappa shape index (κ3) is 5.14. The number of hydrogen-bond acceptors (Lipinski definition) is 4. The lowest BCUT2D eigenvalue weighted by molar-refractivity contribution is -0.123. The number of rotatable bonds is 8. The molecule has 0 atom stereocenters. The first-order chi connectivity index (χ1) is 15.1. The van der Waals surface area contributed by atoms with Gasteiger partial charge in [0, 0.05) is 5.56 Å². The second kappa shape index (κ2) is 9.61. The molecule has 1 fully saturated rings. The van der Waals surface area contributed by atoms with Crippen molar-refractivity contribution >= 4 is 15.9 Å². The Hall–Kier alpha value is -2.41. The Morgan fingerprint density at radius 2 is 1.81 bits per heavy atom. The lowest BCUT2D eigenvalue weighted by atomic mass is 9.82. The summed E-state index contributed by atoms with van der Waals surface area (Å²) >= 11 is 0. The Kier molecular flexibility index (Phi) is 7.28. The maximum Gasteiger partial charge on any atom is 0.243 e. The van der Waals surface area contributed by atoms with Gasteiger partial charge in [-0.05, 0) is 87.8 Å². The van der Waals surface area contributed by atoms with Crippen LogP contribution in [0.1, 0.15) is 64.5 Å². The van der Waals surface area contributed by atoms with Crippen molar-refractivity contribution in [2.75, 3.05) is 5.75 Å². The van der Waals surface area contributed by atoms with Gasteiger partial charge < -0.3 is 4.74 Å². The van der Waals surface area contributed by atoms with Crippen molar-refractivity contribution in [1.82, 2.24) is 4.72 Å². The van der Waals surface area contributed by atoms with E-state index in [-0.39, 0.29) is 17.7 Å². The molecule has 5 nitrogen and oxygen atoms in total. The van der Waals surface area contributed by atoms with Crippen LogP contribution in [0.2, 0.25) is 0 Å². The number of carbonyl (C=O) groups excluding carboxylic acids is 1. The number of nitrogens with one attached hydrogen (secondary N) is 1. The summed E-state index contributed by atoms with van der Waals surface area (Å²) in [7, 11) is -3.69. The maximum absolute atomic E-state index is 14.6. The number of sulfonamides is 1. The van der Waals surface area contributed by atoms with E-state index in [4.69, 9.17) is 4.74 Å². The van der Waals surface area contributed by atoms with Crippen molar-refractivity contribution in [3.05, 3.63) is 53.3 Å². The van der Waals surface area contributed by atoms with Crippen molar-refractivity contribution in [2.24, 2.45) is 0 Å². The van der Waals surface area contributed by atoms with Crippen LogP contribution in [0, 0.1) is 5.82 Å². The first kappa shape index (κ1) is 24.2. The second-order valence-electron chi connectivity index (χ2n) is 8.81. The molecular weight excluding hydrogens is 429 g/mol. The van der Waals surface area contributed by atoms with Gasteiger partial charge in [-0.25, -0.2) is 12.8 Å². The lowest BCUT2D eigenvalue weighted by Gasteiger charge is -2.26. The fourth-order valence-electron chi connectivity index (χ4n) is 4.06. The molecule has 0 heterocycles. The lowest BCUT2D eigenvalue weighted by Crippen LogP contribution is -2.43. The Morgan fingerprint density at radius 1 is 1.12 bits per heavy atom. The Morgan fingerprint density at radius 3 is 2.44 bits per heavy atom. The van der Waals surface area contributed by atoms with Gasteiger partial charge in [-0.2, -0.15) is 0 Å². The smallest absolute Gasteiger partial charge is 0.243 e. The van der Waals surface area contributed by atoms with Gasteiger partial charge in [-0.3, -0.25) is 9.52 Å². The standard InChI is InChI=1S/C25H32FNO4S/c1-5-19-20(12-9-13-22(19)26)21-16-17(14-15-23(21)31-18-10-7-8-11-18)25(3,4)24(28)27-32(29,30)6-2/h9,12-16,18H,5-8,10-11H2,1-4H3,(H,27,28). The van der Waals surface area contributed by atoms with Gasteiger partial charge >= 0.3 is 0 Å². The summed E-state index contributed by atoms with van der Waals surface area (Å²) in [5, 5.41) is 0. The third-order valence-corrected chi connectivity index (χ3v) is 7.51. The molecule has 32 heavy (non-hydrogen) atoms. The van der Waals surface area contributed by atoms with Crippen LogP contribution >= 0.6 is 0 Å². The second-order valence-corrected chi connectivity index (χ2v) is 10.8. The van der Waals surface area contributed by atoms with E-state index in [0.717, 1.165) is 31.2 Å². The van der Waals surface area contributed by atoms with E-state index in [2.05, 4.69) is 4.72 Å². The number of benzene rings is 2. The van der Waals surface area contributed by atoms with Gasteiger partial charge in [-0.1, -0.05) is 25.1 Å². The summed E-state index contributed by atoms with van der Waals surface area (Å²) in [5.74, 6) is -0.423. The Balaban J connectivity index is 2.09. The van der Waals surface area contributed by atoms with Crippen LogP contribution in [0.3, 0.4) is 0 Å². The average Bonchev–Trinajstić information content (AvgIpc) is 3.26. The third-order valence-electron chi connectivity index (χ3n) is 6.26. The summed E-state index contributed by atoms with van der Waals surface area (Å²) in [6, 6.07) is 10.4. The first-order valence-corrected chi connectivity index (χ1v) is 12.9. The molecule has 7 heteroatoms. The van der Waals surface area contributed by atoms with Crippen LogP contribution < -0.4 is 9.46 Å². The highest BCUT2D eigenvalue weighted by atomic mass is 32.2. The van der Waals surface area contributed by atoms with E-state index in [1.165, 1.54) is 13.0 Å². The van der Waals surface area contributed by atoms with Crippen LogP contribution in [-0.2, 0) is 26.7 Å². The highest BCUT2D eigenvalue weighted by Crippen LogP contribution is 2.39. The fraction of sp³-hybridized carbons (Fsp3) is 0.480. The van der Waals surface area contributed by atoms with Gasteiger partial charge in [0.15, 0.2) is 0 Å². The zero-order valence-electron chi connectivity index (χ0n) is 19.2. The predicted octanol–water partition coefficient (Wildman–Crippen LogP) is 5.12.